The van der Waals surface area contributed by atoms with Crippen molar-refractivity contribution in [2.75, 3.05) is 13.2 Å². The molecule has 0 saturated carbocycles. The number of amides is 1. The molecule has 0 unspecified atom stereocenters. The number of hydrogen-bond donors (Lipinski definition) is 2. The first-order chi connectivity index (χ1) is 7.95. The van der Waals surface area contributed by atoms with E-state index in [1.165, 1.54) is 18.2 Å². The first-order valence-corrected chi connectivity index (χ1v) is 4.98. The highest BCUT2D eigenvalue weighted by Crippen LogP contribution is 2.31. The van der Waals surface area contributed by atoms with Crippen LogP contribution in [0.3, 0.4) is 0 Å². The fourth-order valence-electron chi connectivity index (χ4n) is 1.38. The van der Waals surface area contributed by atoms with Gasteiger partial charge in [-0.05, 0) is 11.6 Å². The standard InChI is InChI=1S/C11H12F3NO2/c12-11(13,14)9-4-2-1-3-8(9)7-10(17)15-5-6-16/h1-4,16H,5-7H2,(H,15,17). The lowest BCUT2D eigenvalue weighted by Gasteiger charge is -2.12. The molecule has 0 aliphatic heterocycles. The van der Waals surface area contributed by atoms with Crippen molar-refractivity contribution in [1.82, 2.24) is 5.32 Å². The van der Waals surface area contributed by atoms with Crippen molar-refractivity contribution in [3.63, 3.8) is 0 Å². The van der Waals surface area contributed by atoms with Gasteiger partial charge in [0.15, 0.2) is 0 Å². The van der Waals surface area contributed by atoms with E-state index in [2.05, 4.69) is 5.32 Å². The Labute approximate surface area is 96.3 Å². The second-order valence-electron chi connectivity index (χ2n) is 3.41. The van der Waals surface area contributed by atoms with Gasteiger partial charge >= 0.3 is 6.18 Å². The van der Waals surface area contributed by atoms with Crippen LogP contribution in [0.1, 0.15) is 11.1 Å². The Morgan fingerprint density at radius 2 is 1.94 bits per heavy atom. The molecule has 0 atom stereocenters. The van der Waals surface area contributed by atoms with E-state index in [4.69, 9.17) is 5.11 Å². The van der Waals surface area contributed by atoms with Gasteiger partial charge in [-0.2, -0.15) is 13.2 Å². The van der Waals surface area contributed by atoms with Gasteiger partial charge in [-0.3, -0.25) is 4.79 Å². The lowest BCUT2D eigenvalue weighted by molar-refractivity contribution is -0.138. The molecule has 0 spiro atoms. The summed E-state index contributed by atoms with van der Waals surface area (Å²) in [7, 11) is 0. The number of benzene rings is 1. The van der Waals surface area contributed by atoms with Crippen LogP contribution >= 0.6 is 0 Å². The predicted molar refractivity (Wildman–Crippen MR) is 55.2 cm³/mol. The molecule has 3 nitrogen and oxygen atoms in total. The third-order valence-corrected chi connectivity index (χ3v) is 2.11. The number of halogens is 3. The third kappa shape index (κ3) is 4.07. The zero-order valence-corrected chi connectivity index (χ0v) is 8.92. The summed E-state index contributed by atoms with van der Waals surface area (Å²) in [4.78, 5) is 11.3. The Morgan fingerprint density at radius 3 is 2.53 bits per heavy atom. The molecule has 94 valence electrons. The molecule has 0 aliphatic rings. The van der Waals surface area contributed by atoms with Crippen LogP contribution in [0.5, 0.6) is 0 Å². The molecule has 0 radical (unpaired) electrons. The molecule has 6 heteroatoms. The minimum Gasteiger partial charge on any atom is -0.395 e. The molecule has 1 rings (SSSR count). The summed E-state index contributed by atoms with van der Waals surface area (Å²) in [6.07, 6.45) is -4.82. The summed E-state index contributed by atoms with van der Waals surface area (Å²) in [5.74, 6) is -0.546. The number of nitrogens with one attached hydrogen (secondary N) is 1. The third-order valence-electron chi connectivity index (χ3n) is 2.11. The normalized spacial score (nSPS) is 11.3. The Balaban J connectivity index is 2.81. The van der Waals surface area contributed by atoms with Crippen LogP contribution in [-0.2, 0) is 17.4 Å². The van der Waals surface area contributed by atoms with Crippen LogP contribution in [0.4, 0.5) is 13.2 Å². The van der Waals surface area contributed by atoms with E-state index in [9.17, 15) is 18.0 Å². The minimum atomic E-state index is -4.46. The van der Waals surface area contributed by atoms with Gasteiger partial charge in [-0.25, -0.2) is 0 Å². The molecule has 0 bridgehead atoms. The monoisotopic (exact) mass is 247 g/mol. The van der Waals surface area contributed by atoms with E-state index in [0.717, 1.165) is 6.07 Å². The van der Waals surface area contributed by atoms with Crippen LogP contribution in [0.2, 0.25) is 0 Å². The zero-order chi connectivity index (χ0) is 12.9. The molecule has 0 heterocycles. The number of aliphatic hydroxyl groups excluding tert-OH is 1. The number of carbonyl (C=O) groups is 1. The maximum atomic E-state index is 12.6. The van der Waals surface area contributed by atoms with E-state index in [1.807, 2.05) is 0 Å². The van der Waals surface area contributed by atoms with Crippen molar-refractivity contribution >= 4 is 5.91 Å². The first kappa shape index (κ1) is 13.5. The Hall–Kier alpha value is -1.56. The van der Waals surface area contributed by atoms with Crippen LogP contribution in [0, 0.1) is 0 Å². The Kier molecular flexibility index (Phi) is 4.51. The second kappa shape index (κ2) is 5.67. The minimum absolute atomic E-state index is 0.0347. The average Bonchev–Trinajstić information content (AvgIpc) is 2.25. The van der Waals surface area contributed by atoms with Gasteiger partial charge in [0.25, 0.3) is 0 Å². The van der Waals surface area contributed by atoms with Gasteiger partial charge in [-0.15, -0.1) is 0 Å². The van der Waals surface area contributed by atoms with E-state index >= 15 is 0 Å². The van der Waals surface area contributed by atoms with Crippen LogP contribution < -0.4 is 5.32 Å². The molecule has 1 amide bonds. The summed E-state index contributed by atoms with van der Waals surface area (Å²) in [6, 6.07) is 4.93. The summed E-state index contributed by atoms with van der Waals surface area (Å²) in [6.45, 7) is -0.209. The lowest BCUT2D eigenvalue weighted by Crippen LogP contribution is -2.28. The van der Waals surface area contributed by atoms with E-state index < -0.39 is 17.6 Å². The number of aliphatic hydroxyl groups is 1. The number of rotatable bonds is 4. The van der Waals surface area contributed by atoms with Gasteiger partial charge in [0, 0.05) is 6.54 Å². The molecule has 0 aliphatic carbocycles. The van der Waals surface area contributed by atoms with Gasteiger partial charge < -0.3 is 10.4 Å². The van der Waals surface area contributed by atoms with Crippen molar-refractivity contribution < 1.29 is 23.1 Å². The highest BCUT2D eigenvalue weighted by Gasteiger charge is 2.33. The number of hydrogen-bond acceptors (Lipinski definition) is 2. The quantitative estimate of drug-likeness (QED) is 0.844. The number of carbonyl (C=O) groups excluding carboxylic acids is 1. The van der Waals surface area contributed by atoms with Crippen molar-refractivity contribution in [3.8, 4) is 0 Å². The van der Waals surface area contributed by atoms with Gasteiger partial charge in [-0.1, -0.05) is 18.2 Å². The lowest BCUT2D eigenvalue weighted by atomic mass is 10.0. The second-order valence-corrected chi connectivity index (χ2v) is 3.41. The summed E-state index contributed by atoms with van der Waals surface area (Å²) >= 11 is 0. The first-order valence-electron chi connectivity index (χ1n) is 4.98. The van der Waals surface area contributed by atoms with Gasteiger partial charge in [0.05, 0.1) is 18.6 Å². The molecular formula is C11H12F3NO2. The molecule has 0 saturated heterocycles. The fourth-order valence-corrected chi connectivity index (χ4v) is 1.38. The Morgan fingerprint density at radius 1 is 1.29 bits per heavy atom. The van der Waals surface area contributed by atoms with Crippen LogP contribution in [0.15, 0.2) is 24.3 Å². The fraction of sp³-hybridized carbons (Fsp3) is 0.364. The van der Waals surface area contributed by atoms with Crippen molar-refractivity contribution in [1.29, 1.82) is 0 Å². The maximum absolute atomic E-state index is 12.6. The molecule has 1 aromatic carbocycles. The molecule has 0 aromatic heterocycles. The predicted octanol–water partition coefficient (Wildman–Crippen LogP) is 1.36. The maximum Gasteiger partial charge on any atom is 0.416 e. The van der Waals surface area contributed by atoms with Crippen molar-refractivity contribution in [2.45, 2.75) is 12.6 Å². The van der Waals surface area contributed by atoms with Gasteiger partial charge in [0.1, 0.15) is 0 Å². The summed E-state index contributed by atoms with van der Waals surface area (Å²) in [5, 5.41) is 10.8. The molecule has 0 fully saturated rings. The van der Waals surface area contributed by atoms with E-state index in [-0.39, 0.29) is 25.1 Å². The Bertz CT molecular complexity index is 391. The average molecular weight is 247 g/mol. The van der Waals surface area contributed by atoms with Crippen LogP contribution in [0.25, 0.3) is 0 Å². The highest BCUT2D eigenvalue weighted by atomic mass is 19.4. The van der Waals surface area contributed by atoms with E-state index in [0.29, 0.717) is 0 Å². The smallest absolute Gasteiger partial charge is 0.395 e. The summed E-state index contributed by atoms with van der Waals surface area (Å²) < 4.78 is 37.7. The van der Waals surface area contributed by atoms with Crippen molar-refractivity contribution in [3.05, 3.63) is 35.4 Å². The highest BCUT2D eigenvalue weighted by molar-refractivity contribution is 5.78. The zero-order valence-electron chi connectivity index (χ0n) is 8.92. The molecule has 1 aromatic rings. The molecule has 17 heavy (non-hydrogen) atoms. The van der Waals surface area contributed by atoms with Crippen molar-refractivity contribution in [2.24, 2.45) is 0 Å². The SMILES string of the molecule is O=C(Cc1ccccc1C(F)(F)F)NCCO. The number of alkyl halides is 3. The molecular weight excluding hydrogens is 235 g/mol. The summed E-state index contributed by atoms with van der Waals surface area (Å²) in [5.41, 5.74) is -0.880. The van der Waals surface area contributed by atoms with E-state index in [1.54, 1.807) is 0 Å². The topological polar surface area (TPSA) is 49.3 Å². The van der Waals surface area contributed by atoms with Gasteiger partial charge in [0.2, 0.25) is 5.91 Å². The largest absolute Gasteiger partial charge is 0.416 e. The molecule has 2 N–H and O–H groups in total. The van der Waals surface area contributed by atoms with Crippen LogP contribution in [-0.4, -0.2) is 24.2 Å².